The van der Waals surface area contributed by atoms with Gasteiger partial charge in [0, 0.05) is 11.3 Å². The van der Waals surface area contributed by atoms with Gasteiger partial charge in [0.2, 0.25) is 0 Å². The highest BCUT2D eigenvalue weighted by Gasteiger charge is 2.30. The Morgan fingerprint density at radius 1 is 1.37 bits per heavy atom. The van der Waals surface area contributed by atoms with Crippen LogP contribution in [0.2, 0.25) is 5.02 Å². The van der Waals surface area contributed by atoms with Crippen molar-refractivity contribution in [3.8, 4) is 5.75 Å². The third-order valence-corrected chi connectivity index (χ3v) is 5.97. The van der Waals surface area contributed by atoms with Crippen LogP contribution >= 0.6 is 38.9 Å². The third-order valence-electron chi connectivity index (χ3n) is 3.25. The summed E-state index contributed by atoms with van der Waals surface area (Å²) in [5.74, 6) is 1.01. The van der Waals surface area contributed by atoms with Crippen molar-refractivity contribution >= 4 is 38.9 Å². The molecule has 100 valence electrons. The highest BCUT2D eigenvalue weighted by molar-refractivity contribution is 9.09. The van der Waals surface area contributed by atoms with E-state index >= 15 is 0 Å². The van der Waals surface area contributed by atoms with Crippen LogP contribution < -0.4 is 4.74 Å². The van der Waals surface area contributed by atoms with Crippen molar-refractivity contribution in [1.82, 2.24) is 0 Å². The van der Waals surface area contributed by atoms with Crippen LogP contribution in [0.5, 0.6) is 5.75 Å². The molecule has 19 heavy (non-hydrogen) atoms. The lowest BCUT2D eigenvalue weighted by molar-refractivity contribution is 0.138. The van der Waals surface area contributed by atoms with Crippen molar-refractivity contribution in [2.45, 2.75) is 30.7 Å². The Hall–Kier alpha value is -0.510. The molecule has 0 N–H and O–H groups in total. The molecule has 2 aromatic rings. The summed E-state index contributed by atoms with van der Waals surface area (Å²) >= 11 is 11.6. The number of fused-ring (bicyclic) bond motifs is 1. The van der Waals surface area contributed by atoms with Gasteiger partial charge in [0.05, 0.1) is 9.85 Å². The number of halogens is 2. The molecule has 0 aliphatic carbocycles. The van der Waals surface area contributed by atoms with Crippen molar-refractivity contribution < 1.29 is 4.74 Å². The lowest BCUT2D eigenvalue weighted by atomic mass is 9.99. The molecule has 0 bridgehead atoms. The zero-order valence-electron chi connectivity index (χ0n) is 10.7. The summed E-state index contributed by atoms with van der Waals surface area (Å²) in [6, 6.07) is 8.33. The summed E-state index contributed by atoms with van der Waals surface area (Å²) in [5.41, 5.74) is 2.41. The molecule has 0 radical (unpaired) electrons. The number of thiophene rings is 1. The second-order valence-electron chi connectivity index (χ2n) is 5.40. The first-order chi connectivity index (χ1) is 8.96. The van der Waals surface area contributed by atoms with Crippen LogP contribution in [0.1, 0.15) is 34.7 Å². The van der Waals surface area contributed by atoms with Crippen LogP contribution in [-0.4, -0.2) is 5.60 Å². The van der Waals surface area contributed by atoms with Crippen LogP contribution in [0.3, 0.4) is 0 Å². The van der Waals surface area contributed by atoms with Gasteiger partial charge in [0.25, 0.3) is 0 Å². The molecule has 1 aliphatic rings. The van der Waals surface area contributed by atoms with Crippen LogP contribution in [0.15, 0.2) is 29.6 Å². The fraction of sp³-hybridized carbons (Fsp3) is 0.333. The maximum absolute atomic E-state index is 6.20. The first-order valence-electron chi connectivity index (χ1n) is 6.15. The predicted molar refractivity (Wildman–Crippen MR) is 85.0 cm³/mol. The average Bonchev–Trinajstić information content (AvgIpc) is 2.88. The topological polar surface area (TPSA) is 9.23 Å². The molecular weight excluding hydrogens is 344 g/mol. The Labute approximate surface area is 130 Å². The van der Waals surface area contributed by atoms with E-state index in [0.717, 1.165) is 22.1 Å². The van der Waals surface area contributed by atoms with E-state index in [2.05, 4.69) is 48.0 Å². The van der Waals surface area contributed by atoms with E-state index in [9.17, 15) is 0 Å². The SMILES string of the molecule is CC1(C)Cc2cc(C(Br)c3sccc3Cl)ccc2O1. The van der Waals surface area contributed by atoms with Crippen molar-refractivity contribution in [2.75, 3.05) is 0 Å². The molecule has 1 aromatic carbocycles. The second kappa shape index (κ2) is 4.80. The lowest BCUT2D eigenvalue weighted by Gasteiger charge is -2.16. The van der Waals surface area contributed by atoms with Crippen molar-refractivity contribution in [3.63, 3.8) is 0 Å². The lowest BCUT2D eigenvalue weighted by Crippen LogP contribution is -2.24. The van der Waals surface area contributed by atoms with Gasteiger partial charge in [-0.15, -0.1) is 11.3 Å². The zero-order chi connectivity index (χ0) is 13.6. The molecule has 1 unspecified atom stereocenters. The van der Waals surface area contributed by atoms with Gasteiger partial charge in [-0.1, -0.05) is 39.7 Å². The van der Waals surface area contributed by atoms with Crippen LogP contribution in [-0.2, 0) is 6.42 Å². The third kappa shape index (κ3) is 2.56. The fourth-order valence-electron chi connectivity index (χ4n) is 2.42. The van der Waals surface area contributed by atoms with Crippen molar-refractivity contribution in [1.29, 1.82) is 0 Å². The fourth-order valence-corrected chi connectivity index (χ4v) is 4.58. The van der Waals surface area contributed by atoms with Gasteiger partial charge in [0.1, 0.15) is 11.4 Å². The molecule has 4 heteroatoms. The van der Waals surface area contributed by atoms with E-state index in [0.29, 0.717) is 0 Å². The summed E-state index contributed by atoms with van der Waals surface area (Å²) in [7, 11) is 0. The number of ether oxygens (including phenoxy) is 1. The minimum absolute atomic E-state index is 0.0939. The van der Waals surface area contributed by atoms with Gasteiger partial charge in [0.15, 0.2) is 0 Å². The van der Waals surface area contributed by atoms with Crippen LogP contribution in [0, 0.1) is 0 Å². The Balaban J connectivity index is 1.94. The summed E-state index contributed by atoms with van der Waals surface area (Å²) in [6.45, 7) is 4.24. The van der Waals surface area contributed by atoms with E-state index in [1.165, 1.54) is 11.1 Å². The maximum Gasteiger partial charge on any atom is 0.123 e. The molecular formula is C15H14BrClOS. The standard InChI is InChI=1S/C15H14BrClOS/c1-15(2)8-10-7-9(3-4-12(10)18-15)13(16)14-11(17)5-6-19-14/h3-7,13H,8H2,1-2H3. The molecule has 1 nitrogen and oxygen atoms in total. The van der Waals surface area contributed by atoms with Crippen LogP contribution in [0.4, 0.5) is 0 Å². The summed E-state index contributed by atoms with van der Waals surface area (Å²) < 4.78 is 5.90. The second-order valence-corrected chi connectivity index (χ2v) is 7.67. The van der Waals surface area contributed by atoms with Gasteiger partial charge in [-0.2, -0.15) is 0 Å². The van der Waals surface area contributed by atoms with Crippen molar-refractivity contribution in [2.24, 2.45) is 0 Å². The summed E-state index contributed by atoms with van der Waals surface area (Å²) in [6.07, 6.45) is 0.952. The van der Waals surface area contributed by atoms with Crippen LogP contribution in [0.25, 0.3) is 0 Å². The molecule has 1 aromatic heterocycles. The smallest absolute Gasteiger partial charge is 0.123 e. The highest BCUT2D eigenvalue weighted by atomic mass is 79.9. The molecule has 0 fully saturated rings. The Morgan fingerprint density at radius 2 is 2.16 bits per heavy atom. The Morgan fingerprint density at radius 3 is 2.84 bits per heavy atom. The minimum Gasteiger partial charge on any atom is -0.487 e. The highest BCUT2D eigenvalue weighted by Crippen LogP contribution is 2.42. The molecule has 0 amide bonds. The molecule has 0 saturated carbocycles. The molecule has 3 rings (SSSR count). The molecule has 1 aliphatic heterocycles. The number of benzene rings is 1. The first kappa shape index (κ1) is 13.5. The number of hydrogen-bond donors (Lipinski definition) is 0. The van der Waals surface area contributed by atoms with Gasteiger partial charge >= 0.3 is 0 Å². The Kier molecular flexibility index (Phi) is 3.40. The quantitative estimate of drug-likeness (QED) is 0.636. The van der Waals surface area contributed by atoms with Gasteiger partial charge < -0.3 is 4.74 Å². The maximum atomic E-state index is 6.20. The van der Waals surface area contributed by atoms with E-state index in [1.807, 2.05) is 11.4 Å². The number of rotatable bonds is 2. The van der Waals surface area contributed by atoms with Gasteiger partial charge in [-0.25, -0.2) is 0 Å². The van der Waals surface area contributed by atoms with E-state index in [-0.39, 0.29) is 10.4 Å². The Bertz CT molecular complexity index is 620. The molecule has 2 heterocycles. The van der Waals surface area contributed by atoms with Gasteiger partial charge in [-0.3, -0.25) is 0 Å². The monoisotopic (exact) mass is 356 g/mol. The minimum atomic E-state index is -0.0939. The van der Waals surface area contributed by atoms with Crippen molar-refractivity contribution in [3.05, 3.63) is 50.7 Å². The predicted octanol–water partition coefficient (Wildman–Crippen LogP) is 5.60. The normalized spacial score (nSPS) is 17.9. The molecule has 0 spiro atoms. The van der Waals surface area contributed by atoms with E-state index in [1.54, 1.807) is 11.3 Å². The van der Waals surface area contributed by atoms with E-state index in [4.69, 9.17) is 16.3 Å². The summed E-state index contributed by atoms with van der Waals surface area (Å²) in [4.78, 5) is 1.30. The number of alkyl halides is 1. The first-order valence-corrected chi connectivity index (χ1v) is 8.32. The van der Waals surface area contributed by atoms with Gasteiger partial charge in [-0.05, 0) is 42.5 Å². The summed E-state index contributed by atoms with van der Waals surface area (Å²) in [5, 5.41) is 2.84. The largest absolute Gasteiger partial charge is 0.487 e. The molecule has 0 saturated heterocycles. The zero-order valence-corrected chi connectivity index (χ0v) is 13.9. The number of hydrogen-bond acceptors (Lipinski definition) is 2. The van der Waals surface area contributed by atoms with E-state index < -0.39 is 0 Å². The molecule has 1 atom stereocenters. The average molecular weight is 358 g/mol.